The molecule has 1 saturated heterocycles. The van der Waals surface area contributed by atoms with E-state index in [9.17, 15) is 22.8 Å². The predicted molar refractivity (Wildman–Crippen MR) is 77.7 cm³/mol. The van der Waals surface area contributed by atoms with Gasteiger partial charge in [-0.3, -0.25) is 9.59 Å². The Morgan fingerprint density at radius 1 is 1.30 bits per heavy atom. The number of halogens is 3. The third kappa shape index (κ3) is 3.33. The summed E-state index contributed by atoms with van der Waals surface area (Å²) in [6.45, 7) is 1.73. The fourth-order valence-corrected chi connectivity index (χ4v) is 2.90. The highest BCUT2D eigenvalue weighted by atomic mass is 19.4. The van der Waals surface area contributed by atoms with Crippen molar-refractivity contribution in [3.8, 4) is 0 Å². The normalized spacial score (nSPS) is 21.7. The van der Waals surface area contributed by atoms with E-state index in [0.29, 0.717) is 6.54 Å². The van der Waals surface area contributed by atoms with Gasteiger partial charge in [-0.2, -0.15) is 13.2 Å². The number of aryl methyl sites for hydroxylation is 1. The van der Waals surface area contributed by atoms with E-state index in [1.165, 1.54) is 19.1 Å². The van der Waals surface area contributed by atoms with Crippen LogP contribution >= 0.6 is 0 Å². The fourth-order valence-electron chi connectivity index (χ4n) is 2.90. The Balaban J connectivity index is 1.70. The zero-order valence-electron chi connectivity index (χ0n) is 12.6. The average molecular weight is 326 g/mol. The molecule has 2 fully saturated rings. The molecule has 0 bridgehead atoms. The molecule has 1 aliphatic carbocycles. The lowest BCUT2D eigenvalue weighted by atomic mass is 10.1. The summed E-state index contributed by atoms with van der Waals surface area (Å²) in [5.41, 5.74) is -0.561. The topological polar surface area (TPSA) is 49.4 Å². The monoisotopic (exact) mass is 326 g/mol. The molecule has 1 heterocycles. The summed E-state index contributed by atoms with van der Waals surface area (Å²) in [5, 5.41) is 2.51. The van der Waals surface area contributed by atoms with Gasteiger partial charge in [-0.05, 0) is 37.5 Å². The lowest BCUT2D eigenvalue weighted by Crippen LogP contribution is -2.29. The van der Waals surface area contributed by atoms with Gasteiger partial charge in [0.25, 0.3) is 0 Å². The van der Waals surface area contributed by atoms with Gasteiger partial charge >= 0.3 is 6.18 Å². The zero-order chi connectivity index (χ0) is 16.8. The number of hydrogen-bond acceptors (Lipinski definition) is 2. The third-order valence-corrected chi connectivity index (χ3v) is 4.33. The summed E-state index contributed by atoms with van der Waals surface area (Å²) in [6, 6.07) is 3.95. The SMILES string of the molecule is Cc1ccc(NC(=O)[C@@H]2CC(=O)N(C3CC3)C2)cc1C(F)(F)F. The fraction of sp³-hybridized carbons (Fsp3) is 0.500. The molecule has 0 unspecified atom stereocenters. The van der Waals surface area contributed by atoms with Crippen molar-refractivity contribution in [1.82, 2.24) is 4.90 Å². The van der Waals surface area contributed by atoms with Crippen LogP contribution in [0.15, 0.2) is 18.2 Å². The molecule has 1 aromatic rings. The van der Waals surface area contributed by atoms with E-state index in [1.54, 1.807) is 4.90 Å². The number of rotatable bonds is 3. The van der Waals surface area contributed by atoms with Gasteiger partial charge in [-0.15, -0.1) is 0 Å². The van der Waals surface area contributed by atoms with Gasteiger partial charge < -0.3 is 10.2 Å². The molecule has 1 aromatic carbocycles. The number of benzene rings is 1. The van der Waals surface area contributed by atoms with Crippen molar-refractivity contribution in [2.24, 2.45) is 5.92 Å². The number of nitrogens with one attached hydrogen (secondary N) is 1. The summed E-state index contributed by atoms with van der Waals surface area (Å²) in [5.74, 6) is -0.954. The number of hydrogen-bond donors (Lipinski definition) is 1. The summed E-state index contributed by atoms with van der Waals surface area (Å²) in [4.78, 5) is 25.8. The van der Waals surface area contributed by atoms with Crippen LogP contribution in [-0.2, 0) is 15.8 Å². The highest BCUT2D eigenvalue weighted by Crippen LogP contribution is 2.35. The average Bonchev–Trinajstić information content (AvgIpc) is 3.22. The van der Waals surface area contributed by atoms with E-state index < -0.39 is 23.6 Å². The predicted octanol–water partition coefficient (Wildman–Crippen LogP) is 2.96. The molecule has 23 heavy (non-hydrogen) atoms. The smallest absolute Gasteiger partial charge is 0.339 e. The molecule has 1 N–H and O–H groups in total. The number of amides is 2. The van der Waals surface area contributed by atoms with Crippen LogP contribution in [0.1, 0.15) is 30.4 Å². The Kier molecular flexibility index (Phi) is 3.82. The third-order valence-electron chi connectivity index (χ3n) is 4.33. The van der Waals surface area contributed by atoms with E-state index in [-0.39, 0.29) is 29.6 Å². The number of carbonyl (C=O) groups is 2. The maximum Gasteiger partial charge on any atom is 0.416 e. The van der Waals surface area contributed by atoms with Gasteiger partial charge in [0, 0.05) is 24.7 Å². The van der Waals surface area contributed by atoms with Crippen molar-refractivity contribution in [3.05, 3.63) is 29.3 Å². The standard InChI is InChI=1S/C16H17F3N2O2/c1-9-2-3-11(7-13(9)16(17,18)19)20-15(23)10-6-14(22)21(8-10)12-4-5-12/h2-3,7,10,12H,4-6,8H2,1H3,(H,20,23)/t10-/m1/s1. The molecule has 0 aromatic heterocycles. The zero-order valence-corrected chi connectivity index (χ0v) is 12.6. The second kappa shape index (κ2) is 5.54. The summed E-state index contributed by atoms with van der Waals surface area (Å²) in [7, 11) is 0. The Bertz CT molecular complexity index is 653. The van der Waals surface area contributed by atoms with Crippen LogP contribution in [0, 0.1) is 12.8 Å². The quantitative estimate of drug-likeness (QED) is 0.928. The summed E-state index contributed by atoms with van der Waals surface area (Å²) in [6.07, 6.45) is -2.41. The van der Waals surface area contributed by atoms with Gasteiger partial charge in [0.1, 0.15) is 0 Å². The first kappa shape index (κ1) is 15.8. The van der Waals surface area contributed by atoms with Crippen LogP contribution in [-0.4, -0.2) is 29.3 Å². The summed E-state index contributed by atoms with van der Waals surface area (Å²) < 4.78 is 38.7. The molecule has 1 saturated carbocycles. The van der Waals surface area contributed by atoms with Crippen molar-refractivity contribution < 1.29 is 22.8 Å². The Labute approximate surface area is 131 Å². The minimum atomic E-state index is -4.46. The highest BCUT2D eigenvalue weighted by molar-refractivity contribution is 5.97. The maximum atomic E-state index is 12.9. The van der Waals surface area contributed by atoms with Crippen LogP contribution < -0.4 is 5.32 Å². The van der Waals surface area contributed by atoms with E-state index in [1.807, 2.05) is 0 Å². The van der Waals surface area contributed by atoms with Gasteiger partial charge in [-0.1, -0.05) is 6.07 Å². The van der Waals surface area contributed by atoms with Gasteiger partial charge in [0.2, 0.25) is 11.8 Å². The van der Waals surface area contributed by atoms with Crippen molar-refractivity contribution in [3.63, 3.8) is 0 Å². The molecule has 0 spiro atoms. The molecular formula is C16H17F3N2O2. The number of nitrogens with zero attached hydrogens (tertiary/aromatic N) is 1. The Morgan fingerprint density at radius 2 is 2.00 bits per heavy atom. The van der Waals surface area contributed by atoms with Crippen molar-refractivity contribution >= 4 is 17.5 Å². The number of carbonyl (C=O) groups excluding carboxylic acids is 2. The molecule has 0 radical (unpaired) electrons. The van der Waals surface area contributed by atoms with E-state index in [2.05, 4.69) is 5.32 Å². The van der Waals surface area contributed by atoms with Crippen LogP contribution in [0.4, 0.5) is 18.9 Å². The number of likely N-dealkylation sites (tertiary alicyclic amines) is 1. The van der Waals surface area contributed by atoms with Crippen LogP contribution in [0.5, 0.6) is 0 Å². The largest absolute Gasteiger partial charge is 0.416 e. The van der Waals surface area contributed by atoms with Gasteiger partial charge in [0.05, 0.1) is 11.5 Å². The molecule has 2 amide bonds. The highest BCUT2D eigenvalue weighted by Gasteiger charge is 2.41. The van der Waals surface area contributed by atoms with Gasteiger partial charge in [-0.25, -0.2) is 0 Å². The first-order valence-electron chi connectivity index (χ1n) is 7.54. The van der Waals surface area contributed by atoms with Crippen molar-refractivity contribution in [2.75, 3.05) is 11.9 Å². The van der Waals surface area contributed by atoms with Crippen LogP contribution in [0.3, 0.4) is 0 Å². The molecule has 3 rings (SSSR count). The minimum absolute atomic E-state index is 0.0486. The molecule has 124 valence electrons. The minimum Gasteiger partial charge on any atom is -0.339 e. The Morgan fingerprint density at radius 3 is 2.61 bits per heavy atom. The summed E-state index contributed by atoms with van der Waals surface area (Å²) >= 11 is 0. The van der Waals surface area contributed by atoms with Crippen molar-refractivity contribution in [1.29, 1.82) is 0 Å². The van der Waals surface area contributed by atoms with E-state index in [0.717, 1.165) is 18.9 Å². The van der Waals surface area contributed by atoms with Gasteiger partial charge in [0.15, 0.2) is 0 Å². The number of anilines is 1. The molecule has 4 nitrogen and oxygen atoms in total. The number of alkyl halides is 3. The maximum absolute atomic E-state index is 12.9. The molecule has 2 aliphatic rings. The second-order valence-electron chi connectivity index (χ2n) is 6.20. The Hall–Kier alpha value is -2.05. The van der Waals surface area contributed by atoms with Crippen molar-refractivity contribution in [2.45, 2.75) is 38.4 Å². The molecule has 1 atom stereocenters. The first-order valence-corrected chi connectivity index (χ1v) is 7.54. The molecular weight excluding hydrogens is 309 g/mol. The first-order chi connectivity index (χ1) is 10.8. The van der Waals surface area contributed by atoms with Crippen LogP contribution in [0.25, 0.3) is 0 Å². The molecule has 7 heteroatoms. The lowest BCUT2D eigenvalue weighted by Gasteiger charge is -2.16. The lowest BCUT2D eigenvalue weighted by molar-refractivity contribution is -0.138. The second-order valence-corrected chi connectivity index (χ2v) is 6.20. The van der Waals surface area contributed by atoms with E-state index in [4.69, 9.17) is 0 Å². The van der Waals surface area contributed by atoms with Crippen LogP contribution in [0.2, 0.25) is 0 Å². The molecule has 1 aliphatic heterocycles. The van der Waals surface area contributed by atoms with E-state index >= 15 is 0 Å².